The Morgan fingerprint density at radius 3 is 2.33 bits per heavy atom. The quantitative estimate of drug-likeness (QED) is 0.599. The molecule has 0 aromatic carbocycles. The molecule has 0 radical (unpaired) electrons. The summed E-state index contributed by atoms with van der Waals surface area (Å²) >= 11 is 0. The highest BCUT2D eigenvalue weighted by Crippen LogP contribution is 2.22. The normalized spacial score (nSPS) is 18.4. The molecule has 0 saturated carbocycles. The molecule has 1 rings (SSSR count). The van der Waals surface area contributed by atoms with Gasteiger partial charge in [0.05, 0.1) is 0 Å². The Balaban J connectivity index is 0.000000561. The fourth-order valence-electron chi connectivity index (χ4n) is 0.732. The Kier molecular flexibility index (Phi) is 4.93. The van der Waals surface area contributed by atoms with Crippen LogP contribution in [-0.4, -0.2) is 6.79 Å². The van der Waals surface area contributed by atoms with Crippen LogP contribution in [-0.2, 0) is 9.47 Å². The summed E-state index contributed by atoms with van der Waals surface area (Å²) in [5.74, 6) is 1.31. The Bertz CT molecular complexity index is 202. The molecule has 0 unspecified atom stereocenters. The van der Waals surface area contributed by atoms with E-state index in [9.17, 15) is 0 Å². The van der Waals surface area contributed by atoms with Gasteiger partial charge in [-0.2, -0.15) is 0 Å². The van der Waals surface area contributed by atoms with Gasteiger partial charge in [-0.3, -0.25) is 0 Å². The van der Waals surface area contributed by atoms with Crippen LogP contribution in [0.1, 0.15) is 20.8 Å². The van der Waals surface area contributed by atoms with E-state index in [1.165, 1.54) is 0 Å². The number of ether oxygens (including phenoxy) is 2. The summed E-state index contributed by atoms with van der Waals surface area (Å²) in [5.41, 5.74) is 0.961. The Morgan fingerprint density at radius 1 is 1.42 bits per heavy atom. The summed E-state index contributed by atoms with van der Waals surface area (Å²) in [6, 6.07) is 0. The van der Waals surface area contributed by atoms with Gasteiger partial charge >= 0.3 is 0 Å². The van der Waals surface area contributed by atoms with Crippen molar-refractivity contribution in [2.45, 2.75) is 20.8 Å². The van der Waals surface area contributed by atoms with E-state index in [1.807, 2.05) is 20.8 Å². The van der Waals surface area contributed by atoms with Gasteiger partial charge in [-0.1, -0.05) is 33.1 Å². The van der Waals surface area contributed by atoms with E-state index in [1.54, 1.807) is 6.08 Å². The van der Waals surface area contributed by atoms with Gasteiger partial charge in [0.2, 0.25) is 6.79 Å². The maximum Gasteiger partial charge on any atom is 0.231 e. The standard InChI is InChI=1S/C8H10O2.C2H6/c1-4-6(2)8-7(3)9-5-10-8;1-2/h4H,1,3,5H2,2H3;1-2H3/b8-6+;. The Labute approximate surface area is 74.2 Å². The number of hydrogen-bond acceptors (Lipinski definition) is 2. The van der Waals surface area contributed by atoms with Crippen molar-refractivity contribution in [3.05, 3.63) is 36.3 Å². The van der Waals surface area contributed by atoms with Gasteiger partial charge in [0, 0.05) is 0 Å². The second-order valence-electron chi connectivity index (χ2n) is 2.05. The summed E-state index contributed by atoms with van der Waals surface area (Å²) in [4.78, 5) is 0. The summed E-state index contributed by atoms with van der Waals surface area (Å²) in [7, 11) is 0. The second kappa shape index (κ2) is 5.47. The molecule has 68 valence electrons. The minimum absolute atomic E-state index is 0.277. The lowest BCUT2D eigenvalue weighted by atomic mass is 10.2. The molecule has 1 aliphatic heterocycles. The van der Waals surface area contributed by atoms with E-state index in [4.69, 9.17) is 9.47 Å². The smallest absolute Gasteiger partial charge is 0.231 e. The fraction of sp³-hybridized carbons (Fsp3) is 0.400. The highest BCUT2D eigenvalue weighted by molar-refractivity contribution is 5.30. The first-order valence-corrected chi connectivity index (χ1v) is 4.04. The molecule has 2 heteroatoms. The lowest BCUT2D eigenvalue weighted by Crippen LogP contribution is -1.84. The van der Waals surface area contributed by atoms with E-state index in [0.29, 0.717) is 5.76 Å². The molecule has 0 amide bonds. The monoisotopic (exact) mass is 168 g/mol. The molecule has 0 aromatic rings. The third-order valence-corrected chi connectivity index (χ3v) is 1.35. The molecule has 12 heavy (non-hydrogen) atoms. The summed E-state index contributed by atoms with van der Waals surface area (Å²) in [5, 5.41) is 0. The van der Waals surface area contributed by atoms with E-state index in [2.05, 4.69) is 13.2 Å². The molecule has 1 aliphatic rings. The van der Waals surface area contributed by atoms with Gasteiger partial charge in [-0.15, -0.1) is 0 Å². The molecule has 1 heterocycles. The second-order valence-corrected chi connectivity index (χ2v) is 2.05. The maximum atomic E-state index is 5.10. The molecule has 2 nitrogen and oxygen atoms in total. The van der Waals surface area contributed by atoms with Crippen LogP contribution in [0, 0.1) is 0 Å². The van der Waals surface area contributed by atoms with Crippen LogP contribution < -0.4 is 0 Å². The minimum atomic E-state index is 0.277. The Morgan fingerprint density at radius 2 is 2.00 bits per heavy atom. The molecular weight excluding hydrogens is 152 g/mol. The lowest BCUT2D eigenvalue weighted by molar-refractivity contribution is 0.0975. The van der Waals surface area contributed by atoms with Gasteiger partial charge in [0.25, 0.3) is 0 Å². The van der Waals surface area contributed by atoms with Crippen molar-refractivity contribution in [3.63, 3.8) is 0 Å². The highest BCUT2D eigenvalue weighted by Gasteiger charge is 2.14. The molecule has 1 saturated heterocycles. The average Bonchev–Trinajstić information content (AvgIpc) is 2.54. The molecule has 0 bridgehead atoms. The van der Waals surface area contributed by atoms with Crippen molar-refractivity contribution in [3.8, 4) is 0 Å². The van der Waals surface area contributed by atoms with Crippen LogP contribution in [0.15, 0.2) is 36.3 Å². The van der Waals surface area contributed by atoms with Gasteiger partial charge < -0.3 is 9.47 Å². The van der Waals surface area contributed by atoms with Crippen LogP contribution in [0.3, 0.4) is 0 Å². The topological polar surface area (TPSA) is 18.5 Å². The third kappa shape index (κ3) is 2.46. The van der Waals surface area contributed by atoms with Crippen molar-refractivity contribution in [2.24, 2.45) is 0 Å². The molecule has 0 atom stereocenters. The maximum absolute atomic E-state index is 5.10. The predicted octanol–water partition coefficient (Wildman–Crippen LogP) is 2.99. The molecule has 0 N–H and O–H groups in total. The third-order valence-electron chi connectivity index (χ3n) is 1.35. The zero-order valence-electron chi connectivity index (χ0n) is 8.02. The molecule has 0 aliphatic carbocycles. The summed E-state index contributed by atoms with van der Waals surface area (Å²) in [6.45, 7) is 13.4. The number of allylic oxidation sites excluding steroid dienone is 2. The van der Waals surface area contributed by atoms with Crippen LogP contribution in [0.4, 0.5) is 0 Å². The molecular formula is C10H16O2. The van der Waals surface area contributed by atoms with Crippen molar-refractivity contribution in [1.29, 1.82) is 0 Å². The number of rotatable bonds is 1. The van der Waals surface area contributed by atoms with Gasteiger partial charge in [0.1, 0.15) is 0 Å². The summed E-state index contributed by atoms with van der Waals surface area (Å²) in [6.07, 6.45) is 1.72. The number of hydrogen-bond donors (Lipinski definition) is 0. The van der Waals surface area contributed by atoms with Crippen molar-refractivity contribution in [1.82, 2.24) is 0 Å². The SMILES string of the molecule is C=C/C(C)=C1/OCOC1=C.CC. The fourth-order valence-corrected chi connectivity index (χ4v) is 0.732. The molecule has 0 aromatic heterocycles. The Hall–Kier alpha value is -1.18. The first-order chi connectivity index (χ1) is 5.75. The lowest BCUT2D eigenvalue weighted by Gasteiger charge is -1.96. The molecule has 0 spiro atoms. The summed E-state index contributed by atoms with van der Waals surface area (Å²) < 4.78 is 10.1. The van der Waals surface area contributed by atoms with E-state index in [-0.39, 0.29) is 6.79 Å². The minimum Gasteiger partial charge on any atom is -0.454 e. The van der Waals surface area contributed by atoms with Gasteiger partial charge in [0.15, 0.2) is 11.5 Å². The largest absolute Gasteiger partial charge is 0.454 e. The first kappa shape index (κ1) is 10.8. The van der Waals surface area contributed by atoms with E-state index in [0.717, 1.165) is 11.3 Å². The highest BCUT2D eigenvalue weighted by atomic mass is 16.7. The first-order valence-electron chi connectivity index (χ1n) is 4.04. The van der Waals surface area contributed by atoms with Gasteiger partial charge in [-0.05, 0) is 12.5 Å². The van der Waals surface area contributed by atoms with Crippen molar-refractivity contribution < 1.29 is 9.47 Å². The van der Waals surface area contributed by atoms with Crippen molar-refractivity contribution in [2.75, 3.05) is 6.79 Å². The molecule has 1 fully saturated rings. The average molecular weight is 168 g/mol. The van der Waals surface area contributed by atoms with Crippen LogP contribution in [0.5, 0.6) is 0 Å². The predicted molar refractivity (Wildman–Crippen MR) is 50.4 cm³/mol. The van der Waals surface area contributed by atoms with Gasteiger partial charge in [-0.25, -0.2) is 0 Å². The van der Waals surface area contributed by atoms with E-state index < -0.39 is 0 Å². The zero-order valence-corrected chi connectivity index (χ0v) is 8.02. The van der Waals surface area contributed by atoms with E-state index >= 15 is 0 Å². The zero-order chi connectivity index (χ0) is 9.56. The van der Waals surface area contributed by atoms with Crippen molar-refractivity contribution >= 4 is 0 Å². The van der Waals surface area contributed by atoms with Crippen LogP contribution in [0.2, 0.25) is 0 Å². The van der Waals surface area contributed by atoms with Crippen LogP contribution in [0.25, 0.3) is 0 Å². The van der Waals surface area contributed by atoms with Crippen LogP contribution >= 0.6 is 0 Å².